The van der Waals surface area contributed by atoms with E-state index in [-0.39, 0.29) is 10.7 Å². The summed E-state index contributed by atoms with van der Waals surface area (Å²) in [6, 6.07) is 10.1. The van der Waals surface area contributed by atoms with Gasteiger partial charge in [-0.1, -0.05) is 12.1 Å². The molecule has 2 rings (SSSR count). The van der Waals surface area contributed by atoms with Crippen molar-refractivity contribution in [2.45, 2.75) is 11.8 Å². The van der Waals surface area contributed by atoms with Crippen LogP contribution in [0.25, 0.3) is 0 Å². The van der Waals surface area contributed by atoms with Crippen LogP contribution in [0.2, 0.25) is 0 Å². The number of pyridine rings is 1. The van der Waals surface area contributed by atoms with E-state index in [4.69, 9.17) is 0 Å². The van der Waals surface area contributed by atoms with Crippen molar-refractivity contribution in [3.63, 3.8) is 0 Å². The third-order valence-electron chi connectivity index (χ3n) is 2.51. The summed E-state index contributed by atoms with van der Waals surface area (Å²) < 4.78 is 28.0. The number of hydrogen-bond acceptors (Lipinski definition) is 4. The number of nitrogens with zero attached hydrogens (tertiary/aromatic N) is 1. The normalized spacial score (nSPS) is 11.1. The summed E-state index contributed by atoms with van der Waals surface area (Å²) in [5.41, 5.74) is 0.569. The van der Waals surface area contributed by atoms with Crippen molar-refractivity contribution in [2.75, 3.05) is 16.6 Å². The van der Waals surface area contributed by atoms with E-state index < -0.39 is 10.0 Å². The summed E-state index contributed by atoms with van der Waals surface area (Å²) in [4.78, 5) is 4.21. The number of hydrogen-bond donors (Lipinski definition) is 2. The second-order valence-electron chi connectivity index (χ2n) is 3.99. The molecule has 0 saturated heterocycles. The van der Waals surface area contributed by atoms with E-state index in [9.17, 15) is 8.42 Å². The smallest absolute Gasteiger partial charge is 0.265 e. The molecule has 5 nitrogen and oxygen atoms in total. The van der Waals surface area contributed by atoms with Crippen LogP contribution in [-0.4, -0.2) is 19.9 Å². The highest BCUT2D eigenvalue weighted by molar-refractivity contribution is 9.10. The predicted molar refractivity (Wildman–Crippen MR) is 83.4 cm³/mol. The van der Waals surface area contributed by atoms with Crippen molar-refractivity contribution in [1.82, 2.24) is 4.98 Å². The molecule has 7 heteroatoms. The predicted octanol–water partition coefficient (Wildman–Crippen LogP) is 3.08. The maximum Gasteiger partial charge on any atom is 0.265 e. The topological polar surface area (TPSA) is 71.1 Å². The largest absolute Gasteiger partial charge is 0.384 e. The van der Waals surface area contributed by atoms with Crippen LogP contribution < -0.4 is 10.0 Å². The second-order valence-corrected chi connectivity index (χ2v) is 6.56. The molecule has 1 aromatic carbocycles. The molecular formula is C13H14BrN3O2S. The van der Waals surface area contributed by atoms with Crippen LogP contribution in [0.4, 0.5) is 11.5 Å². The van der Waals surface area contributed by atoms with Crippen molar-refractivity contribution >= 4 is 37.5 Å². The Balaban J connectivity index is 2.33. The van der Waals surface area contributed by atoms with Crippen molar-refractivity contribution < 1.29 is 8.42 Å². The van der Waals surface area contributed by atoms with E-state index in [0.717, 1.165) is 4.47 Å². The van der Waals surface area contributed by atoms with E-state index in [0.29, 0.717) is 12.2 Å². The summed E-state index contributed by atoms with van der Waals surface area (Å²) in [5, 5.41) is 3.03. The summed E-state index contributed by atoms with van der Waals surface area (Å²) in [5.74, 6) is 0.277. The lowest BCUT2D eigenvalue weighted by Gasteiger charge is -2.12. The van der Waals surface area contributed by atoms with Gasteiger partial charge in [-0.2, -0.15) is 0 Å². The fraction of sp³-hybridized carbons (Fsp3) is 0.154. The first-order valence-corrected chi connectivity index (χ1v) is 8.28. The highest BCUT2D eigenvalue weighted by Crippen LogP contribution is 2.23. The van der Waals surface area contributed by atoms with Crippen LogP contribution in [0.15, 0.2) is 52.0 Å². The lowest BCUT2D eigenvalue weighted by Crippen LogP contribution is -2.16. The van der Waals surface area contributed by atoms with Crippen LogP contribution in [0.1, 0.15) is 6.92 Å². The van der Waals surface area contributed by atoms with Gasteiger partial charge >= 0.3 is 0 Å². The van der Waals surface area contributed by atoms with Crippen LogP contribution in [-0.2, 0) is 10.0 Å². The number of nitrogens with one attached hydrogen (secondary N) is 2. The van der Waals surface area contributed by atoms with Crippen LogP contribution in [0.5, 0.6) is 0 Å². The first-order chi connectivity index (χ1) is 9.53. The maximum atomic E-state index is 12.4. The molecular weight excluding hydrogens is 342 g/mol. The Morgan fingerprint density at radius 2 is 1.95 bits per heavy atom. The average Bonchev–Trinajstić information content (AvgIpc) is 2.42. The molecule has 2 N–H and O–H groups in total. The van der Waals surface area contributed by atoms with E-state index in [1.54, 1.807) is 36.4 Å². The van der Waals surface area contributed by atoms with Gasteiger partial charge in [0.2, 0.25) is 0 Å². The van der Waals surface area contributed by atoms with E-state index in [1.807, 2.05) is 6.92 Å². The van der Waals surface area contributed by atoms with Gasteiger partial charge in [0.05, 0.1) is 5.69 Å². The molecule has 0 aliphatic carbocycles. The zero-order chi connectivity index (χ0) is 14.6. The number of rotatable bonds is 5. The maximum absolute atomic E-state index is 12.4. The Hall–Kier alpha value is -1.60. The molecule has 20 heavy (non-hydrogen) atoms. The number of para-hydroxylation sites is 1. The van der Waals surface area contributed by atoms with Gasteiger partial charge < -0.3 is 5.32 Å². The zero-order valence-corrected chi connectivity index (χ0v) is 13.2. The number of anilines is 2. The number of aromatic nitrogens is 1. The highest BCUT2D eigenvalue weighted by atomic mass is 79.9. The molecule has 106 valence electrons. The van der Waals surface area contributed by atoms with Crippen molar-refractivity contribution in [3.05, 3.63) is 47.1 Å². The summed E-state index contributed by atoms with van der Waals surface area (Å²) in [6.45, 7) is 2.55. The molecule has 0 amide bonds. The van der Waals surface area contributed by atoms with E-state index in [1.165, 1.54) is 6.20 Å². The minimum atomic E-state index is -3.67. The molecule has 0 atom stereocenters. The lowest BCUT2D eigenvalue weighted by atomic mass is 10.3. The van der Waals surface area contributed by atoms with Gasteiger partial charge in [0.25, 0.3) is 10.0 Å². The fourth-order valence-corrected chi connectivity index (χ4v) is 3.09. The third-order valence-corrected chi connectivity index (χ3v) is 4.39. The molecule has 0 spiro atoms. The monoisotopic (exact) mass is 355 g/mol. The van der Waals surface area contributed by atoms with E-state index in [2.05, 4.69) is 31.0 Å². The van der Waals surface area contributed by atoms with E-state index >= 15 is 0 Å². The minimum absolute atomic E-state index is 0.201. The Labute approximate surface area is 126 Å². The van der Waals surface area contributed by atoms with Gasteiger partial charge in [0.15, 0.2) is 0 Å². The Bertz CT molecular complexity index is 687. The average molecular weight is 356 g/mol. The van der Waals surface area contributed by atoms with Gasteiger partial charge in [0.1, 0.15) is 10.7 Å². The van der Waals surface area contributed by atoms with Crippen molar-refractivity contribution in [1.29, 1.82) is 0 Å². The molecule has 0 aliphatic rings. The van der Waals surface area contributed by atoms with Gasteiger partial charge in [-0.05, 0) is 47.1 Å². The van der Waals surface area contributed by atoms with Crippen molar-refractivity contribution in [3.8, 4) is 0 Å². The first-order valence-electron chi connectivity index (χ1n) is 6.00. The Morgan fingerprint density at radius 1 is 1.20 bits per heavy atom. The standard InChI is InChI=1S/C13H14BrN3O2S/c1-2-15-11-5-3-4-6-12(11)20(18,19)17-13-8-7-10(14)9-16-13/h3-9,15H,2H2,1H3,(H,16,17). The lowest BCUT2D eigenvalue weighted by molar-refractivity contribution is 0.601. The van der Waals surface area contributed by atoms with Crippen LogP contribution >= 0.6 is 15.9 Å². The van der Waals surface area contributed by atoms with Crippen LogP contribution in [0.3, 0.4) is 0 Å². The molecule has 2 aromatic rings. The summed E-state index contributed by atoms with van der Waals surface area (Å²) >= 11 is 3.25. The quantitative estimate of drug-likeness (QED) is 0.864. The first kappa shape index (κ1) is 14.8. The molecule has 0 radical (unpaired) electrons. The SMILES string of the molecule is CCNc1ccccc1S(=O)(=O)Nc1ccc(Br)cn1. The van der Waals surface area contributed by atoms with Gasteiger partial charge in [0, 0.05) is 17.2 Å². The third kappa shape index (κ3) is 3.49. The molecule has 1 aromatic heterocycles. The number of halogens is 1. The van der Waals surface area contributed by atoms with Gasteiger partial charge in [-0.15, -0.1) is 0 Å². The Kier molecular flexibility index (Phi) is 4.61. The van der Waals surface area contributed by atoms with Crippen molar-refractivity contribution in [2.24, 2.45) is 0 Å². The van der Waals surface area contributed by atoms with Gasteiger partial charge in [-0.3, -0.25) is 4.72 Å². The summed E-state index contributed by atoms with van der Waals surface area (Å²) in [7, 11) is -3.67. The Morgan fingerprint density at radius 3 is 2.60 bits per heavy atom. The second kappa shape index (κ2) is 6.23. The highest BCUT2D eigenvalue weighted by Gasteiger charge is 2.18. The van der Waals surface area contributed by atoms with Crippen LogP contribution in [0, 0.1) is 0 Å². The van der Waals surface area contributed by atoms with Gasteiger partial charge in [-0.25, -0.2) is 13.4 Å². The molecule has 0 unspecified atom stereocenters. The molecule has 0 fully saturated rings. The molecule has 0 aliphatic heterocycles. The molecule has 1 heterocycles. The number of sulfonamides is 1. The fourth-order valence-electron chi connectivity index (χ4n) is 1.67. The summed E-state index contributed by atoms with van der Waals surface area (Å²) in [6.07, 6.45) is 1.54. The molecule has 0 saturated carbocycles. The number of benzene rings is 1. The zero-order valence-electron chi connectivity index (χ0n) is 10.8. The molecule has 0 bridgehead atoms. The minimum Gasteiger partial charge on any atom is -0.384 e.